The first-order valence-electron chi connectivity index (χ1n) is 5.12. The van der Waals surface area contributed by atoms with Gasteiger partial charge >= 0.3 is 0 Å². The van der Waals surface area contributed by atoms with Crippen LogP contribution in [0.3, 0.4) is 0 Å². The smallest absolute Gasteiger partial charge is 0.222 e. The number of hydrogen-bond donors (Lipinski definition) is 1. The molecule has 1 saturated heterocycles. The van der Waals surface area contributed by atoms with Crippen LogP contribution in [0.5, 0.6) is 0 Å². The van der Waals surface area contributed by atoms with Gasteiger partial charge < -0.3 is 10.0 Å². The van der Waals surface area contributed by atoms with Crippen molar-refractivity contribution in [1.29, 1.82) is 0 Å². The van der Waals surface area contributed by atoms with Gasteiger partial charge in [-0.05, 0) is 26.2 Å². The molecule has 2 atom stereocenters. The van der Waals surface area contributed by atoms with Gasteiger partial charge in [-0.25, -0.2) is 0 Å². The van der Waals surface area contributed by atoms with Gasteiger partial charge in [0.1, 0.15) is 0 Å². The van der Waals surface area contributed by atoms with E-state index in [0.717, 1.165) is 19.4 Å². The average molecular weight is 185 g/mol. The van der Waals surface area contributed by atoms with Gasteiger partial charge in [-0.15, -0.1) is 0 Å². The van der Waals surface area contributed by atoms with Crippen LogP contribution in [0.15, 0.2) is 0 Å². The second-order valence-electron chi connectivity index (χ2n) is 3.84. The maximum atomic E-state index is 11.4. The summed E-state index contributed by atoms with van der Waals surface area (Å²) in [5, 5.41) is 9.26. The van der Waals surface area contributed by atoms with E-state index in [0.29, 0.717) is 12.8 Å². The summed E-state index contributed by atoms with van der Waals surface area (Å²) in [6.45, 7) is 4.73. The van der Waals surface area contributed by atoms with Gasteiger partial charge in [0.25, 0.3) is 0 Å². The minimum absolute atomic E-state index is 0.245. The lowest BCUT2D eigenvalue weighted by atomic mass is 10.1. The first-order chi connectivity index (χ1) is 6.15. The molecule has 0 radical (unpaired) electrons. The molecule has 3 heteroatoms. The predicted octanol–water partition coefficient (Wildman–Crippen LogP) is 1.16. The Bertz CT molecular complexity index is 180. The summed E-state index contributed by atoms with van der Waals surface area (Å²) in [6, 6.07) is 0.245. The van der Waals surface area contributed by atoms with Crippen LogP contribution < -0.4 is 0 Å². The van der Waals surface area contributed by atoms with Gasteiger partial charge in [-0.1, -0.05) is 6.92 Å². The third-order valence-corrected chi connectivity index (χ3v) is 2.64. The lowest BCUT2D eigenvalue weighted by molar-refractivity contribution is -0.130. The number of carbonyl (C=O) groups excluding carboxylic acids is 1. The molecule has 1 aliphatic rings. The van der Waals surface area contributed by atoms with Crippen LogP contribution in [0.25, 0.3) is 0 Å². The number of amides is 1. The molecule has 0 aromatic heterocycles. The van der Waals surface area contributed by atoms with Gasteiger partial charge in [-0.2, -0.15) is 0 Å². The monoisotopic (exact) mass is 185 g/mol. The number of rotatable bonds is 4. The summed E-state index contributed by atoms with van der Waals surface area (Å²) in [6.07, 6.45) is 3.02. The Kier molecular flexibility index (Phi) is 3.72. The van der Waals surface area contributed by atoms with Crippen LogP contribution >= 0.6 is 0 Å². The number of aliphatic hydroxyl groups excluding tert-OH is 1. The number of likely N-dealkylation sites (tertiary alicyclic amines) is 1. The third kappa shape index (κ3) is 2.69. The maximum Gasteiger partial charge on any atom is 0.222 e. The lowest BCUT2D eigenvalue weighted by Gasteiger charge is -2.27. The SMILES string of the molecule is CCC(CC(C)O)N1CCCC1=O. The highest BCUT2D eigenvalue weighted by Crippen LogP contribution is 2.18. The Morgan fingerprint density at radius 1 is 1.62 bits per heavy atom. The molecule has 1 heterocycles. The zero-order chi connectivity index (χ0) is 9.84. The molecule has 1 fully saturated rings. The van der Waals surface area contributed by atoms with Crippen molar-refractivity contribution in [2.75, 3.05) is 6.54 Å². The molecule has 0 aliphatic carbocycles. The Morgan fingerprint density at radius 3 is 2.69 bits per heavy atom. The highest BCUT2D eigenvalue weighted by atomic mass is 16.3. The molecule has 0 bridgehead atoms. The summed E-state index contributed by atoms with van der Waals surface area (Å²) < 4.78 is 0. The van der Waals surface area contributed by atoms with Crippen molar-refractivity contribution in [3.05, 3.63) is 0 Å². The topological polar surface area (TPSA) is 40.5 Å². The summed E-state index contributed by atoms with van der Waals surface area (Å²) in [4.78, 5) is 13.3. The van der Waals surface area contributed by atoms with E-state index >= 15 is 0 Å². The molecule has 13 heavy (non-hydrogen) atoms. The van der Waals surface area contributed by atoms with Crippen molar-refractivity contribution in [3.8, 4) is 0 Å². The molecule has 0 spiro atoms. The minimum atomic E-state index is -0.307. The van der Waals surface area contributed by atoms with Gasteiger partial charge in [0.2, 0.25) is 5.91 Å². The van der Waals surface area contributed by atoms with E-state index in [9.17, 15) is 9.90 Å². The maximum absolute atomic E-state index is 11.4. The molecule has 1 N–H and O–H groups in total. The molecule has 1 rings (SSSR count). The Hall–Kier alpha value is -0.570. The fourth-order valence-corrected chi connectivity index (χ4v) is 1.96. The average Bonchev–Trinajstić information content (AvgIpc) is 2.47. The summed E-state index contributed by atoms with van der Waals surface area (Å²) in [5.74, 6) is 0.257. The zero-order valence-corrected chi connectivity index (χ0v) is 8.49. The third-order valence-electron chi connectivity index (χ3n) is 2.64. The summed E-state index contributed by atoms with van der Waals surface area (Å²) >= 11 is 0. The van der Waals surface area contributed by atoms with E-state index in [4.69, 9.17) is 0 Å². The quantitative estimate of drug-likeness (QED) is 0.714. The molecular formula is C10H19NO2. The fraction of sp³-hybridized carbons (Fsp3) is 0.900. The van der Waals surface area contributed by atoms with Gasteiger partial charge in [0.15, 0.2) is 0 Å². The molecule has 76 valence electrons. The van der Waals surface area contributed by atoms with Crippen LogP contribution in [0.1, 0.15) is 39.5 Å². The van der Waals surface area contributed by atoms with Crippen molar-refractivity contribution in [1.82, 2.24) is 4.90 Å². The predicted molar refractivity (Wildman–Crippen MR) is 51.3 cm³/mol. The van der Waals surface area contributed by atoms with E-state index < -0.39 is 0 Å². The molecule has 2 unspecified atom stereocenters. The van der Waals surface area contributed by atoms with Gasteiger partial charge in [0, 0.05) is 19.0 Å². The van der Waals surface area contributed by atoms with E-state index in [1.165, 1.54) is 0 Å². The van der Waals surface area contributed by atoms with Gasteiger partial charge in [-0.3, -0.25) is 4.79 Å². The highest BCUT2D eigenvalue weighted by Gasteiger charge is 2.27. The van der Waals surface area contributed by atoms with E-state index in [1.54, 1.807) is 6.92 Å². The van der Waals surface area contributed by atoms with Crippen molar-refractivity contribution >= 4 is 5.91 Å². The fourth-order valence-electron chi connectivity index (χ4n) is 1.96. The van der Waals surface area contributed by atoms with E-state index in [2.05, 4.69) is 6.92 Å². The zero-order valence-electron chi connectivity index (χ0n) is 8.49. The van der Waals surface area contributed by atoms with Crippen molar-refractivity contribution < 1.29 is 9.90 Å². The first kappa shape index (κ1) is 10.5. The Labute approximate surface area is 79.7 Å². The highest BCUT2D eigenvalue weighted by molar-refractivity contribution is 5.78. The lowest BCUT2D eigenvalue weighted by Crippen LogP contribution is -2.37. The number of nitrogens with zero attached hydrogens (tertiary/aromatic N) is 1. The van der Waals surface area contributed by atoms with Crippen LogP contribution in [0, 0.1) is 0 Å². The van der Waals surface area contributed by atoms with Crippen molar-refractivity contribution in [2.45, 2.75) is 51.7 Å². The molecule has 0 saturated carbocycles. The van der Waals surface area contributed by atoms with Crippen molar-refractivity contribution in [2.24, 2.45) is 0 Å². The van der Waals surface area contributed by atoms with Gasteiger partial charge in [0.05, 0.1) is 6.10 Å². The van der Waals surface area contributed by atoms with Crippen molar-refractivity contribution in [3.63, 3.8) is 0 Å². The molecule has 0 aromatic rings. The largest absolute Gasteiger partial charge is 0.393 e. The van der Waals surface area contributed by atoms with Crippen LogP contribution in [-0.4, -0.2) is 34.6 Å². The minimum Gasteiger partial charge on any atom is -0.393 e. The first-order valence-corrected chi connectivity index (χ1v) is 5.12. The molecule has 0 aromatic carbocycles. The van der Waals surface area contributed by atoms with E-state index in [1.807, 2.05) is 4.90 Å². The van der Waals surface area contributed by atoms with E-state index in [-0.39, 0.29) is 18.1 Å². The second kappa shape index (κ2) is 4.61. The molecular weight excluding hydrogens is 166 g/mol. The Morgan fingerprint density at radius 2 is 2.31 bits per heavy atom. The van der Waals surface area contributed by atoms with Crippen LogP contribution in [-0.2, 0) is 4.79 Å². The molecule has 3 nitrogen and oxygen atoms in total. The molecule has 1 aliphatic heterocycles. The Balaban J connectivity index is 2.49. The number of hydrogen-bond acceptors (Lipinski definition) is 2. The number of carbonyl (C=O) groups is 1. The summed E-state index contributed by atoms with van der Waals surface area (Å²) in [7, 11) is 0. The van der Waals surface area contributed by atoms with Crippen LogP contribution in [0.2, 0.25) is 0 Å². The molecule has 1 amide bonds. The second-order valence-corrected chi connectivity index (χ2v) is 3.84. The standard InChI is InChI=1S/C10H19NO2/c1-3-9(7-8(2)12)11-6-4-5-10(11)13/h8-9,12H,3-7H2,1-2H3. The number of aliphatic hydroxyl groups is 1. The normalized spacial score (nSPS) is 22.1. The van der Waals surface area contributed by atoms with Crippen LogP contribution in [0.4, 0.5) is 0 Å². The summed E-state index contributed by atoms with van der Waals surface area (Å²) in [5.41, 5.74) is 0.